The van der Waals surface area contributed by atoms with E-state index < -0.39 is 5.56 Å². The van der Waals surface area contributed by atoms with E-state index in [9.17, 15) is 9.70 Å². The van der Waals surface area contributed by atoms with Gasteiger partial charge in [-0.2, -0.15) is 0 Å². The molecule has 2 aliphatic rings. The topological polar surface area (TPSA) is 86.5 Å². The molecule has 2 heterocycles. The van der Waals surface area contributed by atoms with Gasteiger partial charge in [-0.1, -0.05) is 42.8 Å². The van der Waals surface area contributed by atoms with Crippen molar-refractivity contribution >= 4 is 11.0 Å². The number of hydrogen-bond donors (Lipinski definition) is 1. The molecule has 2 aliphatic heterocycles. The first-order valence-electron chi connectivity index (χ1n) is 9.47. The summed E-state index contributed by atoms with van der Waals surface area (Å²) in [5.41, 5.74) is 4.90. The maximum absolute atomic E-state index is 12.3. The number of aryl methyl sites for hydroxylation is 4. The molecule has 0 fully saturated rings. The first-order valence-corrected chi connectivity index (χ1v) is 9.47. The molecular formula is C21H22N5O2+. The van der Waals surface area contributed by atoms with Crippen molar-refractivity contribution in [3.05, 3.63) is 74.4 Å². The zero-order valence-corrected chi connectivity index (χ0v) is 16.0. The van der Waals surface area contributed by atoms with E-state index in [2.05, 4.69) is 53.3 Å². The number of H-pyrrole nitrogens is 1. The van der Waals surface area contributed by atoms with Gasteiger partial charge in [0.15, 0.2) is 5.69 Å². The summed E-state index contributed by atoms with van der Waals surface area (Å²) in [6, 6.07) is 14.5. The summed E-state index contributed by atoms with van der Waals surface area (Å²) in [6.45, 7) is 4.79. The van der Waals surface area contributed by atoms with E-state index in [0.717, 1.165) is 35.9 Å². The van der Waals surface area contributed by atoms with Gasteiger partial charge in [-0.05, 0) is 54.5 Å². The van der Waals surface area contributed by atoms with E-state index in [1.165, 1.54) is 11.1 Å². The molecule has 4 rings (SSSR count). The summed E-state index contributed by atoms with van der Waals surface area (Å²) in [5.74, 6) is 0.305. The molecule has 0 saturated heterocycles. The van der Waals surface area contributed by atoms with Crippen molar-refractivity contribution in [3.63, 3.8) is 0 Å². The van der Waals surface area contributed by atoms with E-state index in [4.69, 9.17) is 0 Å². The number of aromatic nitrogens is 5. The van der Waals surface area contributed by atoms with Crippen LogP contribution in [0.1, 0.15) is 30.0 Å². The summed E-state index contributed by atoms with van der Waals surface area (Å²) in [4.78, 5) is 28.5. The third-order valence-corrected chi connectivity index (χ3v) is 4.97. The number of nitrogens with zero attached hydrogens (tertiary/aromatic N) is 4. The Morgan fingerprint density at radius 2 is 2.00 bits per heavy atom. The predicted molar refractivity (Wildman–Crippen MR) is 107 cm³/mol. The van der Waals surface area contributed by atoms with Crippen LogP contribution in [0.25, 0.3) is 22.6 Å². The van der Waals surface area contributed by atoms with Gasteiger partial charge in [0.25, 0.3) is 4.66 Å². The fourth-order valence-electron chi connectivity index (χ4n) is 3.56. The zero-order valence-electron chi connectivity index (χ0n) is 16.0. The maximum atomic E-state index is 12.3. The molecule has 142 valence electrons. The monoisotopic (exact) mass is 376 g/mol. The van der Waals surface area contributed by atoms with Crippen molar-refractivity contribution in [2.24, 2.45) is 0 Å². The molecule has 7 heteroatoms. The quantitative estimate of drug-likeness (QED) is 0.428. The molecule has 0 unspecified atom stereocenters. The second-order valence-corrected chi connectivity index (χ2v) is 7.02. The Labute approximate surface area is 161 Å². The Bertz CT molecular complexity index is 1240. The number of rotatable bonds is 5. The van der Waals surface area contributed by atoms with Crippen LogP contribution in [0, 0.1) is 11.8 Å². The van der Waals surface area contributed by atoms with Crippen molar-refractivity contribution in [2.75, 3.05) is 0 Å². The molecule has 0 amide bonds. The van der Waals surface area contributed by atoms with E-state index in [-0.39, 0.29) is 10.4 Å². The van der Waals surface area contributed by atoms with Crippen LogP contribution in [0.5, 0.6) is 0 Å². The second-order valence-electron chi connectivity index (χ2n) is 7.02. The number of fused-ring (bicyclic) bond motifs is 2. The molecule has 0 aromatic heterocycles. The third kappa shape index (κ3) is 3.43. The molecule has 28 heavy (non-hydrogen) atoms. The first-order chi connectivity index (χ1) is 13.5. The van der Waals surface area contributed by atoms with Crippen LogP contribution in [0.3, 0.4) is 0 Å². The van der Waals surface area contributed by atoms with E-state index in [0.29, 0.717) is 12.4 Å². The molecule has 7 nitrogen and oxygen atoms in total. The van der Waals surface area contributed by atoms with Crippen molar-refractivity contribution in [1.82, 2.24) is 19.7 Å². The Morgan fingerprint density at radius 1 is 1.14 bits per heavy atom. The van der Waals surface area contributed by atoms with Gasteiger partial charge in [-0.25, -0.2) is 4.98 Å². The molecule has 0 atom stereocenters. The van der Waals surface area contributed by atoms with Gasteiger partial charge in [0, 0.05) is 6.54 Å². The minimum atomic E-state index is -0.531. The SMILES string of the molecule is CCc1ccc2c(c1)nc1c(=O)[nH][n+](=O)nc-1n2CCCc1cccc(C)c1. The van der Waals surface area contributed by atoms with Crippen molar-refractivity contribution in [3.8, 4) is 11.5 Å². The van der Waals surface area contributed by atoms with Crippen LogP contribution in [0.2, 0.25) is 0 Å². The predicted octanol–water partition coefficient (Wildman–Crippen LogP) is 2.64. The fourth-order valence-corrected chi connectivity index (χ4v) is 3.56. The molecular weight excluding hydrogens is 354 g/mol. The van der Waals surface area contributed by atoms with E-state index in [1.807, 2.05) is 22.8 Å². The van der Waals surface area contributed by atoms with Crippen LogP contribution in [-0.2, 0) is 19.4 Å². The number of benzene rings is 2. The third-order valence-electron chi connectivity index (χ3n) is 4.97. The van der Waals surface area contributed by atoms with Gasteiger partial charge >= 0.3 is 5.56 Å². The Hall–Kier alpha value is -3.35. The van der Waals surface area contributed by atoms with Gasteiger partial charge in [0.05, 0.1) is 15.9 Å². The summed E-state index contributed by atoms with van der Waals surface area (Å²) in [6.07, 6.45) is 2.63. The minimum absolute atomic E-state index is 0.184. The van der Waals surface area contributed by atoms with Crippen molar-refractivity contribution in [2.45, 2.75) is 39.7 Å². The highest BCUT2D eigenvalue weighted by atomic mass is 16.3. The molecule has 0 aliphatic carbocycles. The average molecular weight is 376 g/mol. The average Bonchev–Trinajstić information content (AvgIpc) is 2.67. The number of aromatic amines is 1. The van der Waals surface area contributed by atoms with Crippen LogP contribution >= 0.6 is 0 Å². The van der Waals surface area contributed by atoms with E-state index >= 15 is 0 Å². The van der Waals surface area contributed by atoms with Crippen molar-refractivity contribution < 1.29 is 4.66 Å². The fraction of sp³-hybridized carbons (Fsp3) is 0.286. The minimum Gasteiger partial charge on any atom is -0.317 e. The maximum Gasteiger partial charge on any atom is 0.334 e. The Kier molecular flexibility index (Phi) is 4.73. The Morgan fingerprint density at radius 3 is 2.79 bits per heavy atom. The van der Waals surface area contributed by atoms with Crippen LogP contribution in [-0.4, -0.2) is 19.7 Å². The van der Waals surface area contributed by atoms with Crippen LogP contribution in [0.15, 0.2) is 47.3 Å². The lowest BCUT2D eigenvalue weighted by Gasteiger charge is -2.15. The first kappa shape index (κ1) is 18.0. The standard InChI is InChI=1S/C21H21N5O2/c1-3-15-9-10-18-17(13-15)22-19-20(23-26(28)24-21(19)27)25(18)11-5-8-16-7-4-6-14(2)12-16/h4,6-7,9-10,12-13H,3,5,8,11H2,1-2H3/p+1. The highest BCUT2D eigenvalue weighted by molar-refractivity contribution is 5.79. The van der Waals surface area contributed by atoms with Gasteiger partial charge in [0.2, 0.25) is 5.82 Å². The highest BCUT2D eigenvalue weighted by Crippen LogP contribution is 2.22. The summed E-state index contributed by atoms with van der Waals surface area (Å²) < 4.78 is 2.13. The number of hydrogen-bond acceptors (Lipinski definition) is 4. The van der Waals surface area contributed by atoms with E-state index in [1.54, 1.807) is 0 Å². The van der Waals surface area contributed by atoms with Crippen LogP contribution in [0.4, 0.5) is 0 Å². The normalized spacial score (nSPS) is 11.4. The van der Waals surface area contributed by atoms with Gasteiger partial charge in [0.1, 0.15) is 5.10 Å². The summed E-state index contributed by atoms with van der Waals surface area (Å²) in [5, 5.41) is 6.12. The van der Waals surface area contributed by atoms with Crippen LogP contribution < -0.4 is 10.2 Å². The Balaban J connectivity index is 1.79. The van der Waals surface area contributed by atoms with Gasteiger partial charge in [-0.15, -0.1) is 0 Å². The molecule has 0 spiro atoms. The lowest BCUT2D eigenvalue weighted by Crippen LogP contribution is -2.36. The van der Waals surface area contributed by atoms with Gasteiger partial charge in [-0.3, -0.25) is 4.79 Å². The lowest BCUT2D eigenvalue weighted by atomic mass is 10.1. The molecule has 1 N–H and O–H groups in total. The largest absolute Gasteiger partial charge is 0.334 e. The highest BCUT2D eigenvalue weighted by Gasteiger charge is 2.22. The van der Waals surface area contributed by atoms with Crippen molar-refractivity contribution in [1.29, 1.82) is 0 Å². The van der Waals surface area contributed by atoms with Gasteiger partial charge < -0.3 is 4.57 Å². The molecule has 0 radical (unpaired) electrons. The molecule has 0 saturated carbocycles. The molecule has 2 aromatic carbocycles. The molecule has 0 bridgehead atoms. The summed E-state index contributed by atoms with van der Waals surface area (Å²) in [7, 11) is 0. The second kappa shape index (κ2) is 7.34. The number of nitrogens with one attached hydrogen (secondary N) is 1. The zero-order chi connectivity index (χ0) is 19.7. The smallest absolute Gasteiger partial charge is 0.317 e. The summed E-state index contributed by atoms with van der Waals surface area (Å²) >= 11 is 0. The lowest BCUT2D eigenvalue weighted by molar-refractivity contribution is -0.629. The molecule has 2 aromatic rings.